The number of furan rings is 1. The van der Waals surface area contributed by atoms with Crippen LogP contribution in [0, 0.1) is 11.3 Å². The average Bonchev–Trinajstić information content (AvgIpc) is 3.59. The molecule has 1 aromatic carbocycles. The van der Waals surface area contributed by atoms with Gasteiger partial charge in [0.25, 0.3) is 5.91 Å². The highest BCUT2D eigenvalue weighted by molar-refractivity contribution is 6.30. The van der Waals surface area contributed by atoms with E-state index in [4.69, 9.17) is 20.8 Å². The van der Waals surface area contributed by atoms with Crippen molar-refractivity contribution in [2.24, 2.45) is 11.3 Å². The Kier molecular flexibility index (Phi) is 9.36. The Morgan fingerprint density at radius 2 is 1.76 bits per heavy atom. The maximum atomic E-state index is 14.2. The van der Waals surface area contributed by atoms with Crippen LogP contribution in [0.25, 0.3) is 0 Å². The monoisotopic (exact) mass is 595 g/mol. The van der Waals surface area contributed by atoms with Crippen LogP contribution in [0.2, 0.25) is 5.02 Å². The molecule has 3 amide bonds. The van der Waals surface area contributed by atoms with Gasteiger partial charge in [0.1, 0.15) is 5.41 Å². The number of halogens is 1. The fourth-order valence-electron chi connectivity index (χ4n) is 6.51. The van der Waals surface area contributed by atoms with Crippen LogP contribution in [0.5, 0.6) is 0 Å². The molecule has 5 rings (SSSR count). The first kappa shape index (κ1) is 29.9. The molecule has 9 nitrogen and oxygen atoms in total. The van der Waals surface area contributed by atoms with E-state index in [0.717, 1.165) is 31.2 Å². The second-order valence-corrected chi connectivity index (χ2v) is 11.6. The third-order valence-corrected chi connectivity index (χ3v) is 8.98. The van der Waals surface area contributed by atoms with Crippen molar-refractivity contribution in [2.45, 2.75) is 51.9 Å². The smallest absolute Gasteiger partial charge is 0.318 e. The lowest BCUT2D eigenvalue weighted by Crippen LogP contribution is -2.51. The van der Waals surface area contributed by atoms with E-state index >= 15 is 0 Å². The number of esters is 1. The molecule has 0 spiro atoms. The number of benzene rings is 1. The molecule has 0 bridgehead atoms. The third kappa shape index (κ3) is 5.98. The fraction of sp³-hybridized carbons (Fsp3) is 0.500. The number of amides is 3. The Bertz CT molecular complexity index is 1320. The molecule has 0 saturated carbocycles. The van der Waals surface area contributed by atoms with E-state index in [1.807, 2.05) is 30.3 Å². The quantitative estimate of drug-likeness (QED) is 0.410. The normalized spacial score (nSPS) is 24.0. The zero-order valence-electron chi connectivity index (χ0n) is 24.1. The van der Waals surface area contributed by atoms with Gasteiger partial charge in [-0.05, 0) is 62.4 Å². The van der Waals surface area contributed by atoms with Crippen LogP contribution < -0.4 is 0 Å². The molecule has 10 heteroatoms. The van der Waals surface area contributed by atoms with Gasteiger partial charge in [-0.15, -0.1) is 0 Å². The van der Waals surface area contributed by atoms with Gasteiger partial charge in [-0.2, -0.15) is 0 Å². The first-order valence-electron chi connectivity index (χ1n) is 14.9. The number of nitrogens with zero attached hydrogens (tertiary/aromatic N) is 3. The molecule has 3 aliphatic rings. The molecule has 2 fully saturated rings. The molecular weight excluding hydrogens is 558 g/mol. The Hall–Kier alpha value is -3.59. The molecule has 0 N–H and O–H groups in total. The largest absolute Gasteiger partial charge is 0.465 e. The molecule has 2 atom stereocenters. The lowest BCUT2D eigenvalue weighted by Gasteiger charge is -2.37. The number of likely N-dealkylation sites (tertiary alicyclic amines) is 1. The summed E-state index contributed by atoms with van der Waals surface area (Å²) in [6, 6.07) is 10.8. The minimum atomic E-state index is -1.19. The maximum Gasteiger partial charge on any atom is 0.318 e. The number of fused-ring (bicyclic) bond motifs is 1. The molecule has 2 aromatic rings. The van der Waals surface area contributed by atoms with Gasteiger partial charge < -0.3 is 23.9 Å². The lowest BCUT2D eigenvalue weighted by atomic mass is 9.69. The predicted molar refractivity (Wildman–Crippen MR) is 156 cm³/mol. The first-order valence-corrected chi connectivity index (χ1v) is 15.3. The van der Waals surface area contributed by atoms with Gasteiger partial charge in [-0.3, -0.25) is 19.2 Å². The average molecular weight is 596 g/mol. The van der Waals surface area contributed by atoms with E-state index in [2.05, 4.69) is 0 Å². The number of carbonyl (C=O) groups excluding carboxylic acids is 4. The number of hydrogen-bond donors (Lipinski definition) is 0. The van der Waals surface area contributed by atoms with Crippen LogP contribution in [0.4, 0.5) is 0 Å². The minimum Gasteiger partial charge on any atom is -0.465 e. The number of hydrogen-bond acceptors (Lipinski definition) is 6. The van der Waals surface area contributed by atoms with Crippen LogP contribution >= 0.6 is 11.6 Å². The van der Waals surface area contributed by atoms with Gasteiger partial charge in [-0.25, -0.2) is 0 Å². The summed E-state index contributed by atoms with van der Waals surface area (Å²) in [5, 5.41) is 0.643. The van der Waals surface area contributed by atoms with Crippen molar-refractivity contribution >= 4 is 35.3 Å². The Morgan fingerprint density at radius 1 is 1.02 bits per heavy atom. The molecule has 1 aliphatic carbocycles. The van der Waals surface area contributed by atoms with E-state index < -0.39 is 17.3 Å². The summed E-state index contributed by atoms with van der Waals surface area (Å²) in [4.78, 5) is 59.5. The van der Waals surface area contributed by atoms with Crippen molar-refractivity contribution in [1.29, 1.82) is 0 Å². The zero-order valence-corrected chi connectivity index (χ0v) is 24.8. The van der Waals surface area contributed by atoms with Crippen LogP contribution in [0.1, 0.15) is 61.6 Å². The number of rotatable bonds is 8. The molecular formula is C32H38ClN3O6. The second kappa shape index (κ2) is 13.2. The number of piperazine rings is 1. The number of carbonyl (C=O) groups is 4. The van der Waals surface area contributed by atoms with Crippen molar-refractivity contribution in [3.63, 3.8) is 0 Å². The van der Waals surface area contributed by atoms with Crippen molar-refractivity contribution in [3.8, 4) is 0 Å². The predicted octanol–water partition coefficient (Wildman–Crippen LogP) is 4.71. The third-order valence-electron chi connectivity index (χ3n) is 8.73. The zero-order chi connectivity index (χ0) is 29.7. The van der Waals surface area contributed by atoms with Gasteiger partial charge >= 0.3 is 5.97 Å². The van der Waals surface area contributed by atoms with Crippen LogP contribution in [-0.4, -0.2) is 77.7 Å². The summed E-state index contributed by atoms with van der Waals surface area (Å²) in [5.74, 6) is -1.60. The van der Waals surface area contributed by atoms with Gasteiger partial charge in [0.05, 0.1) is 18.8 Å². The molecule has 0 radical (unpaired) electrons. The Balaban J connectivity index is 1.37. The van der Waals surface area contributed by atoms with Crippen molar-refractivity contribution in [2.75, 3.05) is 39.3 Å². The van der Waals surface area contributed by atoms with Crippen LogP contribution in [-0.2, 0) is 25.5 Å². The Morgan fingerprint density at radius 3 is 2.45 bits per heavy atom. The standard InChI is InChI=1S/C32H38ClN3O6/c1-2-41-31(40)32-15-6-4-3-5-9-27(32)36(16-14-23-10-12-24(33)13-11-23)29(38)25(32)22-28(37)34-17-19-35(20-18-34)30(39)26-8-7-21-42-26/h7-13,21,25H,2-6,14-20,22H2,1H3/b27-9+/t25-,32-/m0/s1. The van der Waals surface area contributed by atoms with E-state index in [9.17, 15) is 19.2 Å². The summed E-state index contributed by atoms with van der Waals surface area (Å²) in [7, 11) is 0. The summed E-state index contributed by atoms with van der Waals surface area (Å²) < 4.78 is 10.9. The summed E-state index contributed by atoms with van der Waals surface area (Å²) in [6.45, 7) is 3.78. The van der Waals surface area contributed by atoms with E-state index in [1.54, 1.807) is 33.8 Å². The number of allylic oxidation sites excluding steroid dienone is 1. The summed E-state index contributed by atoms with van der Waals surface area (Å²) in [6.07, 6.45) is 7.90. The second-order valence-electron chi connectivity index (χ2n) is 11.2. The molecule has 1 aromatic heterocycles. The molecule has 2 saturated heterocycles. The van der Waals surface area contributed by atoms with Gasteiger partial charge in [0.15, 0.2) is 5.76 Å². The first-order chi connectivity index (χ1) is 20.3. The van der Waals surface area contributed by atoms with Crippen LogP contribution in [0.15, 0.2) is 58.9 Å². The Labute approximate surface area is 251 Å². The van der Waals surface area contributed by atoms with Crippen molar-refractivity contribution < 1.29 is 28.3 Å². The molecule has 224 valence electrons. The molecule has 3 heterocycles. The van der Waals surface area contributed by atoms with Gasteiger partial charge in [0.2, 0.25) is 11.8 Å². The fourth-order valence-corrected chi connectivity index (χ4v) is 6.63. The molecule has 42 heavy (non-hydrogen) atoms. The van der Waals surface area contributed by atoms with Crippen molar-refractivity contribution in [3.05, 3.63) is 70.8 Å². The molecule has 2 aliphatic heterocycles. The highest BCUT2D eigenvalue weighted by Crippen LogP contribution is 2.52. The molecule has 0 unspecified atom stereocenters. The van der Waals surface area contributed by atoms with E-state index in [-0.39, 0.29) is 36.5 Å². The highest BCUT2D eigenvalue weighted by atomic mass is 35.5. The summed E-state index contributed by atoms with van der Waals surface area (Å²) in [5.41, 5.74) is 0.522. The highest BCUT2D eigenvalue weighted by Gasteiger charge is 2.61. The minimum absolute atomic E-state index is 0.0848. The summed E-state index contributed by atoms with van der Waals surface area (Å²) >= 11 is 6.06. The van der Waals surface area contributed by atoms with Crippen LogP contribution in [0.3, 0.4) is 0 Å². The maximum absolute atomic E-state index is 14.2. The number of ether oxygens (including phenoxy) is 1. The van der Waals surface area contributed by atoms with Gasteiger partial charge in [-0.1, -0.05) is 42.7 Å². The lowest BCUT2D eigenvalue weighted by molar-refractivity contribution is -0.158. The van der Waals surface area contributed by atoms with E-state index in [0.29, 0.717) is 56.3 Å². The van der Waals surface area contributed by atoms with Crippen molar-refractivity contribution in [1.82, 2.24) is 14.7 Å². The topological polar surface area (TPSA) is 100 Å². The van der Waals surface area contributed by atoms with E-state index in [1.165, 1.54) is 6.26 Å². The SMILES string of the molecule is CCOC(=O)[C@]12CCCCC/C=C\1N(CCc1ccc(Cl)cc1)C(=O)[C@@H]2CC(=O)N1CCN(C(=O)c2ccco2)CC1. The van der Waals surface area contributed by atoms with Gasteiger partial charge in [0, 0.05) is 49.9 Å².